The highest BCUT2D eigenvalue weighted by Gasteiger charge is 2.47. The number of carbonyl (C=O) groups excluding carboxylic acids is 1. The fourth-order valence-corrected chi connectivity index (χ4v) is 4.34. The monoisotopic (exact) mass is 302 g/mol. The second kappa shape index (κ2) is 6.29. The number of rotatable bonds is 4. The molecule has 1 amide bonds. The lowest BCUT2D eigenvalue weighted by molar-refractivity contribution is -0.120. The summed E-state index contributed by atoms with van der Waals surface area (Å²) in [5.41, 5.74) is 1.22. The van der Waals surface area contributed by atoms with E-state index in [1.807, 2.05) is 12.1 Å². The molecule has 1 N–H and O–H groups in total. The molecule has 4 nitrogen and oxygen atoms in total. The van der Waals surface area contributed by atoms with Crippen molar-refractivity contribution in [1.29, 1.82) is 0 Å². The number of nitrogens with one attached hydrogen (secondary N) is 1. The standard InChI is InChI=1S/C18H26N2O2/c1-3-16-18(11-9-17(21)19-18)10-6-12-20(16)13-14-7-4-5-8-15(14)22-2/h4-5,7-8,16H,3,6,9-13H2,1-2H3,(H,19,21)/t16-,18-/m0/s1. The molecule has 0 radical (unpaired) electrons. The molecule has 0 unspecified atom stereocenters. The van der Waals surface area contributed by atoms with Crippen LogP contribution in [0, 0.1) is 0 Å². The van der Waals surface area contributed by atoms with E-state index in [1.165, 1.54) is 5.56 Å². The largest absolute Gasteiger partial charge is 0.496 e. The lowest BCUT2D eigenvalue weighted by Crippen LogP contribution is -2.61. The van der Waals surface area contributed by atoms with Gasteiger partial charge in [-0.25, -0.2) is 0 Å². The van der Waals surface area contributed by atoms with Gasteiger partial charge in [0, 0.05) is 24.6 Å². The Morgan fingerprint density at radius 2 is 2.18 bits per heavy atom. The minimum absolute atomic E-state index is 0.00784. The number of amides is 1. The van der Waals surface area contributed by atoms with Crippen molar-refractivity contribution in [3.63, 3.8) is 0 Å². The van der Waals surface area contributed by atoms with Crippen LogP contribution in [0.4, 0.5) is 0 Å². The molecule has 2 aliphatic rings. The first-order chi connectivity index (χ1) is 10.7. The minimum atomic E-state index is -0.00784. The van der Waals surface area contributed by atoms with Gasteiger partial charge < -0.3 is 10.1 Å². The molecule has 2 heterocycles. The first-order valence-electron chi connectivity index (χ1n) is 8.35. The zero-order valence-corrected chi connectivity index (χ0v) is 13.6. The van der Waals surface area contributed by atoms with Gasteiger partial charge in [0.1, 0.15) is 5.75 Å². The van der Waals surface area contributed by atoms with Crippen molar-refractivity contribution in [2.24, 2.45) is 0 Å². The topological polar surface area (TPSA) is 41.6 Å². The van der Waals surface area contributed by atoms with Crippen molar-refractivity contribution in [1.82, 2.24) is 10.2 Å². The molecule has 2 fully saturated rings. The van der Waals surface area contributed by atoms with Crippen molar-refractivity contribution in [2.75, 3.05) is 13.7 Å². The molecule has 4 heteroatoms. The summed E-state index contributed by atoms with van der Waals surface area (Å²) in [6, 6.07) is 8.65. The Morgan fingerprint density at radius 1 is 1.36 bits per heavy atom. The predicted octanol–water partition coefficient (Wildman–Crippen LogP) is 2.72. The lowest BCUT2D eigenvalue weighted by Gasteiger charge is -2.48. The molecule has 1 aromatic carbocycles. The van der Waals surface area contributed by atoms with Crippen LogP contribution in [0.15, 0.2) is 24.3 Å². The van der Waals surface area contributed by atoms with Gasteiger partial charge in [-0.3, -0.25) is 9.69 Å². The van der Waals surface area contributed by atoms with Crippen LogP contribution >= 0.6 is 0 Å². The molecule has 1 spiro atoms. The van der Waals surface area contributed by atoms with E-state index in [0.717, 1.165) is 44.5 Å². The number of hydrogen-bond acceptors (Lipinski definition) is 3. The van der Waals surface area contributed by atoms with Gasteiger partial charge in [0.2, 0.25) is 5.91 Å². The van der Waals surface area contributed by atoms with E-state index in [4.69, 9.17) is 4.74 Å². The SMILES string of the molecule is CC[C@@H]1N(Cc2ccccc2OC)CCC[C@]12CCC(=O)N2. The molecule has 2 aliphatic heterocycles. The van der Waals surface area contributed by atoms with Gasteiger partial charge in [0.15, 0.2) is 0 Å². The van der Waals surface area contributed by atoms with Gasteiger partial charge in [0.25, 0.3) is 0 Å². The third-order valence-electron chi connectivity index (χ3n) is 5.29. The fourth-order valence-electron chi connectivity index (χ4n) is 4.34. The summed E-state index contributed by atoms with van der Waals surface area (Å²) < 4.78 is 5.49. The Balaban J connectivity index is 1.82. The summed E-state index contributed by atoms with van der Waals surface area (Å²) in [5, 5.41) is 3.30. The average Bonchev–Trinajstić information content (AvgIpc) is 2.89. The van der Waals surface area contributed by atoms with Gasteiger partial charge in [-0.2, -0.15) is 0 Å². The zero-order chi connectivity index (χ0) is 15.6. The molecule has 120 valence electrons. The smallest absolute Gasteiger partial charge is 0.220 e. The van der Waals surface area contributed by atoms with Crippen molar-refractivity contribution >= 4 is 5.91 Å². The second-order valence-corrected chi connectivity index (χ2v) is 6.51. The molecule has 2 saturated heterocycles. The van der Waals surface area contributed by atoms with E-state index in [-0.39, 0.29) is 11.4 Å². The predicted molar refractivity (Wildman–Crippen MR) is 86.8 cm³/mol. The number of likely N-dealkylation sites (tertiary alicyclic amines) is 1. The van der Waals surface area contributed by atoms with E-state index in [9.17, 15) is 4.79 Å². The molecular weight excluding hydrogens is 276 g/mol. The molecule has 0 bridgehead atoms. The Hall–Kier alpha value is -1.55. The Morgan fingerprint density at radius 3 is 2.86 bits per heavy atom. The molecule has 1 aromatic rings. The molecule has 0 aliphatic carbocycles. The zero-order valence-electron chi connectivity index (χ0n) is 13.6. The van der Waals surface area contributed by atoms with Crippen molar-refractivity contribution < 1.29 is 9.53 Å². The second-order valence-electron chi connectivity index (χ2n) is 6.51. The molecule has 22 heavy (non-hydrogen) atoms. The van der Waals surface area contributed by atoms with Crippen LogP contribution in [0.3, 0.4) is 0 Å². The number of para-hydroxylation sites is 1. The summed E-state index contributed by atoms with van der Waals surface area (Å²) in [5.74, 6) is 1.17. The highest BCUT2D eigenvalue weighted by atomic mass is 16.5. The quantitative estimate of drug-likeness (QED) is 0.930. The van der Waals surface area contributed by atoms with Gasteiger partial charge in [-0.05, 0) is 38.3 Å². The Bertz CT molecular complexity index is 546. The number of carbonyl (C=O) groups is 1. The van der Waals surface area contributed by atoms with Crippen molar-refractivity contribution in [3.8, 4) is 5.75 Å². The van der Waals surface area contributed by atoms with E-state index >= 15 is 0 Å². The summed E-state index contributed by atoms with van der Waals surface area (Å²) >= 11 is 0. The van der Waals surface area contributed by atoms with E-state index in [1.54, 1.807) is 7.11 Å². The van der Waals surface area contributed by atoms with Crippen LogP contribution in [0.5, 0.6) is 5.75 Å². The van der Waals surface area contributed by atoms with Gasteiger partial charge in [-0.15, -0.1) is 0 Å². The Kier molecular flexibility index (Phi) is 4.39. The van der Waals surface area contributed by atoms with Gasteiger partial charge in [-0.1, -0.05) is 25.1 Å². The third-order valence-corrected chi connectivity index (χ3v) is 5.29. The number of hydrogen-bond donors (Lipinski definition) is 1. The van der Waals surface area contributed by atoms with Gasteiger partial charge >= 0.3 is 0 Å². The maximum Gasteiger partial charge on any atom is 0.220 e. The van der Waals surface area contributed by atoms with Crippen LogP contribution in [-0.4, -0.2) is 36.0 Å². The molecule has 0 saturated carbocycles. The van der Waals surface area contributed by atoms with E-state index < -0.39 is 0 Å². The molecule has 0 aromatic heterocycles. The lowest BCUT2D eigenvalue weighted by atomic mass is 9.78. The first kappa shape index (κ1) is 15.3. The number of ether oxygens (including phenoxy) is 1. The van der Waals surface area contributed by atoms with Crippen molar-refractivity contribution in [2.45, 2.75) is 57.2 Å². The van der Waals surface area contributed by atoms with Crippen molar-refractivity contribution in [3.05, 3.63) is 29.8 Å². The first-order valence-corrected chi connectivity index (χ1v) is 8.35. The molecule has 3 rings (SSSR count). The minimum Gasteiger partial charge on any atom is -0.496 e. The number of nitrogens with zero attached hydrogens (tertiary/aromatic N) is 1. The molecule has 2 atom stereocenters. The fraction of sp³-hybridized carbons (Fsp3) is 0.611. The number of benzene rings is 1. The van der Waals surface area contributed by atoms with Crippen LogP contribution in [0.1, 0.15) is 44.6 Å². The van der Waals surface area contributed by atoms with E-state index in [2.05, 4.69) is 29.3 Å². The van der Waals surface area contributed by atoms with E-state index in [0.29, 0.717) is 12.5 Å². The maximum atomic E-state index is 11.8. The average molecular weight is 302 g/mol. The highest BCUT2D eigenvalue weighted by Crippen LogP contribution is 2.38. The number of piperidine rings is 1. The molecular formula is C18H26N2O2. The summed E-state index contributed by atoms with van der Waals surface area (Å²) in [4.78, 5) is 14.3. The summed E-state index contributed by atoms with van der Waals surface area (Å²) in [6.07, 6.45) is 4.98. The third kappa shape index (κ3) is 2.72. The Labute approximate surface area is 132 Å². The highest BCUT2D eigenvalue weighted by molar-refractivity contribution is 5.79. The normalized spacial score (nSPS) is 28.8. The van der Waals surface area contributed by atoms with Gasteiger partial charge in [0.05, 0.1) is 12.6 Å². The van der Waals surface area contributed by atoms with Crippen LogP contribution in [0.2, 0.25) is 0 Å². The maximum absolute atomic E-state index is 11.8. The number of methoxy groups -OCH3 is 1. The summed E-state index contributed by atoms with van der Waals surface area (Å²) in [6.45, 7) is 4.21. The van der Waals surface area contributed by atoms with Crippen LogP contribution in [0.25, 0.3) is 0 Å². The van der Waals surface area contributed by atoms with Crippen LogP contribution < -0.4 is 10.1 Å². The summed E-state index contributed by atoms with van der Waals surface area (Å²) in [7, 11) is 1.73. The van der Waals surface area contributed by atoms with Crippen LogP contribution in [-0.2, 0) is 11.3 Å².